The number of ether oxygens (including phenoxy) is 1. The Morgan fingerprint density at radius 2 is 1.96 bits per heavy atom. The third-order valence-electron chi connectivity index (χ3n) is 4.33. The number of halogens is 1. The van der Waals surface area contributed by atoms with Crippen LogP contribution in [0.3, 0.4) is 0 Å². The number of guanidine groups is 1. The lowest BCUT2D eigenvalue weighted by molar-refractivity contribution is 0.0154. The molecule has 6 nitrogen and oxygen atoms in total. The molecule has 3 saturated heterocycles. The molecular formula is C16H34IN5O. The standard InChI is InChI=1S/C16H33N5O.HI/c1-14(2)13-22-10-4-5-18-16(17-3)19-11-15-12-20-6-8-21(15)9-7-20;/h14-15H,4-13H2,1-3H3,(H2,17,18,19);1H. The molecule has 3 heterocycles. The first-order chi connectivity index (χ1) is 10.7. The summed E-state index contributed by atoms with van der Waals surface area (Å²) in [5.74, 6) is 1.51. The molecule has 0 saturated carbocycles. The van der Waals surface area contributed by atoms with Gasteiger partial charge in [-0.05, 0) is 12.3 Å². The summed E-state index contributed by atoms with van der Waals surface area (Å²) in [4.78, 5) is 9.46. The van der Waals surface area contributed by atoms with Gasteiger partial charge < -0.3 is 15.4 Å². The molecule has 0 aromatic carbocycles. The van der Waals surface area contributed by atoms with Gasteiger partial charge in [-0.25, -0.2) is 0 Å². The number of piperazine rings is 3. The second-order valence-electron chi connectivity index (χ2n) is 6.69. The lowest BCUT2D eigenvalue weighted by Gasteiger charge is -2.47. The van der Waals surface area contributed by atoms with Gasteiger partial charge in [0.05, 0.1) is 0 Å². The molecule has 0 spiro atoms. The molecule has 0 aliphatic carbocycles. The van der Waals surface area contributed by atoms with E-state index in [1.807, 2.05) is 7.05 Å². The second-order valence-corrected chi connectivity index (χ2v) is 6.69. The molecule has 7 heteroatoms. The van der Waals surface area contributed by atoms with Gasteiger partial charge in [0.2, 0.25) is 0 Å². The van der Waals surface area contributed by atoms with Crippen LogP contribution >= 0.6 is 24.0 Å². The van der Waals surface area contributed by atoms with Crippen molar-refractivity contribution in [3.8, 4) is 0 Å². The van der Waals surface area contributed by atoms with E-state index in [1.165, 1.54) is 32.7 Å². The highest BCUT2D eigenvalue weighted by atomic mass is 127. The van der Waals surface area contributed by atoms with Crippen LogP contribution < -0.4 is 10.6 Å². The first kappa shape index (κ1) is 20.9. The number of fused-ring (bicyclic) bond motifs is 3. The number of hydrogen-bond donors (Lipinski definition) is 2. The first-order valence-corrected chi connectivity index (χ1v) is 8.67. The van der Waals surface area contributed by atoms with Crippen molar-refractivity contribution in [1.29, 1.82) is 0 Å². The predicted molar refractivity (Wildman–Crippen MR) is 107 cm³/mol. The van der Waals surface area contributed by atoms with Crippen molar-refractivity contribution < 1.29 is 4.74 Å². The molecule has 3 aliphatic heterocycles. The van der Waals surface area contributed by atoms with E-state index in [2.05, 4.69) is 39.3 Å². The summed E-state index contributed by atoms with van der Waals surface area (Å²) in [5, 5.41) is 6.83. The molecule has 1 unspecified atom stereocenters. The maximum atomic E-state index is 5.59. The summed E-state index contributed by atoms with van der Waals surface area (Å²) in [6.07, 6.45) is 1.01. The topological polar surface area (TPSA) is 52.1 Å². The van der Waals surface area contributed by atoms with Gasteiger partial charge in [0.15, 0.2) is 5.96 Å². The summed E-state index contributed by atoms with van der Waals surface area (Å²) >= 11 is 0. The van der Waals surface area contributed by atoms with Crippen LogP contribution in [0.5, 0.6) is 0 Å². The molecule has 3 rings (SSSR count). The Morgan fingerprint density at radius 1 is 1.22 bits per heavy atom. The van der Waals surface area contributed by atoms with Gasteiger partial charge in [-0.15, -0.1) is 24.0 Å². The average molecular weight is 439 g/mol. The fourth-order valence-electron chi connectivity index (χ4n) is 3.05. The SMILES string of the molecule is CN=C(NCCCOCC(C)C)NCC1CN2CCN1CC2.I. The summed E-state index contributed by atoms with van der Waals surface area (Å²) in [7, 11) is 1.83. The minimum Gasteiger partial charge on any atom is -0.381 e. The highest BCUT2D eigenvalue weighted by molar-refractivity contribution is 14.0. The van der Waals surface area contributed by atoms with E-state index in [-0.39, 0.29) is 24.0 Å². The lowest BCUT2D eigenvalue weighted by Crippen LogP contribution is -2.63. The number of nitrogens with one attached hydrogen (secondary N) is 2. The second kappa shape index (κ2) is 11.4. The number of nitrogens with zero attached hydrogens (tertiary/aromatic N) is 3. The molecule has 0 radical (unpaired) electrons. The smallest absolute Gasteiger partial charge is 0.191 e. The normalized spacial score (nSPS) is 27.0. The van der Waals surface area contributed by atoms with E-state index in [9.17, 15) is 0 Å². The summed E-state index contributed by atoms with van der Waals surface area (Å²) in [6.45, 7) is 14.0. The summed E-state index contributed by atoms with van der Waals surface area (Å²) in [5.41, 5.74) is 0. The van der Waals surface area contributed by atoms with Gasteiger partial charge >= 0.3 is 0 Å². The fourth-order valence-corrected chi connectivity index (χ4v) is 3.05. The minimum absolute atomic E-state index is 0. The zero-order valence-electron chi connectivity index (χ0n) is 14.9. The van der Waals surface area contributed by atoms with E-state index in [0.29, 0.717) is 12.0 Å². The number of aliphatic imine (C=N–C) groups is 1. The van der Waals surface area contributed by atoms with E-state index >= 15 is 0 Å². The minimum atomic E-state index is 0. The molecule has 2 N–H and O–H groups in total. The van der Waals surface area contributed by atoms with Gasteiger partial charge in [0.1, 0.15) is 0 Å². The Labute approximate surface area is 158 Å². The van der Waals surface area contributed by atoms with Gasteiger partial charge in [0, 0.05) is 72.1 Å². The molecule has 2 bridgehead atoms. The van der Waals surface area contributed by atoms with E-state index in [4.69, 9.17) is 4.74 Å². The van der Waals surface area contributed by atoms with Crippen LogP contribution in [0.15, 0.2) is 4.99 Å². The van der Waals surface area contributed by atoms with Crippen LogP contribution in [0, 0.1) is 5.92 Å². The fraction of sp³-hybridized carbons (Fsp3) is 0.938. The molecule has 0 aromatic rings. The predicted octanol–water partition coefficient (Wildman–Crippen LogP) is 0.832. The van der Waals surface area contributed by atoms with Crippen LogP contribution in [0.1, 0.15) is 20.3 Å². The van der Waals surface area contributed by atoms with Crippen LogP contribution in [-0.2, 0) is 4.74 Å². The molecule has 0 aromatic heterocycles. The lowest BCUT2D eigenvalue weighted by atomic mass is 10.1. The van der Waals surface area contributed by atoms with E-state index in [1.54, 1.807) is 0 Å². The van der Waals surface area contributed by atoms with E-state index in [0.717, 1.165) is 38.7 Å². The Hall–Kier alpha value is -0.120. The Balaban J connectivity index is 0.00000264. The van der Waals surface area contributed by atoms with Crippen molar-refractivity contribution in [3.05, 3.63) is 0 Å². The maximum absolute atomic E-state index is 5.59. The van der Waals surface area contributed by atoms with Crippen molar-refractivity contribution in [2.75, 3.05) is 66.1 Å². The molecule has 0 amide bonds. The first-order valence-electron chi connectivity index (χ1n) is 8.67. The average Bonchev–Trinajstić information content (AvgIpc) is 2.54. The molecule has 23 heavy (non-hydrogen) atoms. The quantitative estimate of drug-likeness (QED) is 0.254. The highest BCUT2D eigenvalue weighted by Gasteiger charge is 2.31. The maximum Gasteiger partial charge on any atom is 0.191 e. The van der Waals surface area contributed by atoms with Crippen LogP contribution in [-0.4, -0.2) is 87.9 Å². The van der Waals surface area contributed by atoms with Crippen LogP contribution in [0.25, 0.3) is 0 Å². The van der Waals surface area contributed by atoms with Gasteiger partial charge in [0.25, 0.3) is 0 Å². The zero-order valence-corrected chi connectivity index (χ0v) is 17.2. The summed E-state index contributed by atoms with van der Waals surface area (Å²) < 4.78 is 5.59. The largest absolute Gasteiger partial charge is 0.381 e. The number of rotatable bonds is 8. The molecular weight excluding hydrogens is 405 g/mol. The Morgan fingerprint density at radius 3 is 2.52 bits per heavy atom. The number of hydrogen-bond acceptors (Lipinski definition) is 4. The van der Waals surface area contributed by atoms with Crippen molar-refractivity contribution in [3.63, 3.8) is 0 Å². The monoisotopic (exact) mass is 439 g/mol. The van der Waals surface area contributed by atoms with Crippen molar-refractivity contribution in [1.82, 2.24) is 20.4 Å². The molecule has 3 aliphatic rings. The third-order valence-corrected chi connectivity index (χ3v) is 4.33. The Kier molecular flexibility index (Phi) is 10.4. The molecule has 136 valence electrons. The van der Waals surface area contributed by atoms with Crippen LogP contribution in [0.4, 0.5) is 0 Å². The third kappa shape index (κ3) is 7.53. The van der Waals surface area contributed by atoms with Gasteiger partial charge in [-0.2, -0.15) is 0 Å². The molecule has 3 fully saturated rings. The molecule has 1 atom stereocenters. The van der Waals surface area contributed by atoms with Crippen molar-refractivity contribution in [2.45, 2.75) is 26.3 Å². The van der Waals surface area contributed by atoms with Crippen molar-refractivity contribution >= 4 is 29.9 Å². The zero-order chi connectivity index (χ0) is 15.8. The van der Waals surface area contributed by atoms with Crippen molar-refractivity contribution in [2.24, 2.45) is 10.9 Å². The Bertz CT molecular complexity index is 345. The van der Waals surface area contributed by atoms with Gasteiger partial charge in [-0.1, -0.05) is 13.8 Å². The van der Waals surface area contributed by atoms with Crippen LogP contribution in [0.2, 0.25) is 0 Å². The van der Waals surface area contributed by atoms with Gasteiger partial charge in [-0.3, -0.25) is 14.8 Å². The highest BCUT2D eigenvalue weighted by Crippen LogP contribution is 2.14. The summed E-state index contributed by atoms with van der Waals surface area (Å²) in [6, 6.07) is 0.621. The van der Waals surface area contributed by atoms with E-state index < -0.39 is 0 Å².